The first-order valence-electron chi connectivity index (χ1n) is 10.5. The minimum absolute atomic E-state index is 0.239. The number of hydrogen-bond donors (Lipinski definition) is 0. The molecule has 0 amide bonds. The SMILES string of the molecule is CCc1nc2ccc(Br)cc2c(=O)n1N=Cc1cc(Br)c(OCc2ccc(Cl)c(Cl)c2)c(OC)c1. The molecule has 0 unspecified atom stereocenters. The third-order valence-corrected chi connectivity index (χ3v) is 6.95. The summed E-state index contributed by atoms with van der Waals surface area (Å²) in [5.41, 5.74) is 1.96. The first-order valence-corrected chi connectivity index (χ1v) is 12.8. The zero-order valence-electron chi connectivity index (χ0n) is 18.7. The van der Waals surface area contributed by atoms with Gasteiger partial charge in [-0.3, -0.25) is 4.79 Å². The Morgan fingerprint density at radius 1 is 1.09 bits per heavy atom. The molecule has 4 aromatic rings. The molecule has 0 radical (unpaired) electrons. The number of aromatic nitrogens is 2. The molecule has 0 saturated carbocycles. The van der Waals surface area contributed by atoms with Crippen LogP contribution in [0.25, 0.3) is 10.9 Å². The van der Waals surface area contributed by atoms with Crippen molar-refractivity contribution in [2.45, 2.75) is 20.0 Å². The fraction of sp³-hybridized carbons (Fsp3) is 0.160. The van der Waals surface area contributed by atoms with Crippen molar-refractivity contribution in [1.82, 2.24) is 9.66 Å². The molecule has 0 saturated heterocycles. The largest absolute Gasteiger partial charge is 0.493 e. The summed E-state index contributed by atoms with van der Waals surface area (Å²) in [6, 6.07) is 14.3. The molecule has 0 N–H and O–H groups in total. The lowest BCUT2D eigenvalue weighted by Crippen LogP contribution is -2.22. The van der Waals surface area contributed by atoms with Crippen LogP contribution in [0.2, 0.25) is 10.0 Å². The van der Waals surface area contributed by atoms with Crippen LogP contribution in [0.1, 0.15) is 23.9 Å². The minimum atomic E-state index is -0.239. The van der Waals surface area contributed by atoms with E-state index in [0.717, 1.165) is 10.0 Å². The van der Waals surface area contributed by atoms with Crippen molar-refractivity contribution < 1.29 is 9.47 Å². The predicted molar refractivity (Wildman–Crippen MR) is 148 cm³/mol. The lowest BCUT2D eigenvalue weighted by Gasteiger charge is -2.14. The molecule has 0 bridgehead atoms. The van der Waals surface area contributed by atoms with Gasteiger partial charge >= 0.3 is 0 Å². The van der Waals surface area contributed by atoms with Gasteiger partial charge in [-0.2, -0.15) is 9.78 Å². The Balaban J connectivity index is 1.65. The van der Waals surface area contributed by atoms with E-state index in [9.17, 15) is 4.79 Å². The number of benzene rings is 3. The number of hydrogen-bond acceptors (Lipinski definition) is 5. The molecule has 1 heterocycles. The number of ether oxygens (including phenoxy) is 2. The highest BCUT2D eigenvalue weighted by Crippen LogP contribution is 2.37. The first-order chi connectivity index (χ1) is 16.8. The van der Waals surface area contributed by atoms with Gasteiger partial charge in [-0.1, -0.05) is 52.1 Å². The average molecular weight is 640 g/mol. The molecule has 0 fully saturated rings. The first kappa shape index (κ1) is 25.7. The Hall–Kier alpha value is -2.39. The second-order valence-electron chi connectivity index (χ2n) is 7.48. The number of fused-ring (bicyclic) bond motifs is 1. The van der Waals surface area contributed by atoms with Gasteiger partial charge in [0, 0.05) is 10.9 Å². The van der Waals surface area contributed by atoms with Crippen LogP contribution in [0, 0.1) is 0 Å². The lowest BCUT2D eigenvalue weighted by atomic mass is 10.2. The molecule has 6 nitrogen and oxygen atoms in total. The van der Waals surface area contributed by atoms with Crippen LogP contribution in [0.15, 0.2) is 67.4 Å². The Morgan fingerprint density at radius 3 is 2.60 bits per heavy atom. The molecule has 3 aromatic carbocycles. The van der Waals surface area contributed by atoms with Crippen LogP contribution in [0.4, 0.5) is 0 Å². The molecule has 1 aromatic heterocycles. The van der Waals surface area contributed by atoms with Crippen LogP contribution in [-0.4, -0.2) is 23.0 Å². The normalized spacial score (nSPS) is 11.4. The fourth-order valence-electron chi connectivity index (χ4n) is 3.41. The van der Waals surface area contributed by atoms with E-state index in [1.54, 1.807) is 37.6 Å². The predicted octanol–water partition coefficient (Wildman–Crippen LogP) is 7.26. The van der Waals surface area contributed by atoms with Crippen molar-refractivity contribution in [3.8, 4) is 11.5 Å². The number of halogens is 4. The van der Waals surface area contributed by atoms with Crippen molar-refractivity contribution in [3.63, 3.8) is 0 Å². The van der Waals surface area contributed by atoms with E-state index in [2.05, 4.69) is 41.9 Å². The molecule has 4 rings (SSSR count). The van der Waals surface area contributed by atoms with Gasteiger partial charge in [0.05, 0.1) is 38.7 Å². The zero-order valence-corrected chi connectivity index (χ0v) is 23.4. The van der Waals surface area contributed by atoms with Crippen molar-refractivity contribution in [3.05, 3.63) is 94.8 Å². The smallest absolute Gasteiger partial charge is 0.282 e. The van der Waals surface area contributed by atoms with Crippen LogP contribution in [0.5, 0.6) is 11.5 Å². The average Bonchev–Trinajstić information content (AvgIpc) is 2.84. The Kier molecular flexibility index (Phi) is 8.16. The lowest BCUT2D eigenvalue weighted by molar-refractivity contribution is 0.282. The van der Waals surface area contributed by atoms with Gasteiger partial charge in [0.2, 0.25) is 0 Å². The fourth-order valence-corrected chi connectivity index (χ4v) is 4.66. The molecular formula is C25H19Br2Cl2N3O3. The number of aryl methyl sites for hydroxylation is 1. The molecule has 0 atom stereocenters. The Labute approximate surface area is 228 Å². The maximum atomic E-state index is 13.1. The van der Waals surface area contributed by atoms with Crippen LogP contribution < -0.4 is 15.0 Å². The highest BCUT2D eigenvalue weighted by molar-refractivity contribution is 9.10. The van der Waals surface area contributed by atoms with Gasteiger partial charge in [0.25, 0.3) is 5.56 Å². The molecule has 180 valence electrons. The maximum absolute atomic E-state index is 13.1. The van der Waals surface area contributed by atoms with Gasteiger partial charge in [0.15, 0.2) is 11.5 Å². The summed E-state index contributed by atoms with van der Waals surface area (Å²) < 4.78 is 14.3. The summed E-state index contributed by atoms with van der Waals surface area (Å²) in [6.45, 7) is 2.20. The summed E-state index contributed by atoms with van der Waals surface area (Å²) >= 11 is 19.0. The van der Waals surface area contributed by atoms with Gasteiger partial charge in [-0.05, 0) is 69.5 Å². The van der Waals surface area contributed by atoms with E-state index in [1.807, 2.05) is 31.2 Å². The molecular weight excluding hydrogens is 621 g/mol. The van der Waals surface area contributed by atoms with Gasteiger partial charge < -0.3 is 9.47 Å². The summed E-state index contributed by atoms with van der Waals surface area (Å²) in [7, 11) is 1.56. The zero-order chi connectivity index (χ0) is 25.1. The quantitative estimate of drug-likeness (QED) is 0.200. The molecule has 0 spiro atoms. The van der Waals surface area contributed by atoms with Crippen LogP contribution in [-0.2, 0) is 13.0 Å². The van der Waals surface area contributed by atoms with E-state index in [-0.39, 0.29) is 12.2 Å². The molecule has 10 heteroatoms. The van der Waals surface area contributed by atoms with E-state index in [1.165, 1.54) is 4.68 Å². The van der Waals surface area contributed by atoms with Crippen molar-refractivity contribution in [2.75, 3.05) is 7.11 Å². The third-order valence-electron chi connectivity index (χ3n) is 5.13. The standard InChI is InChI=1S/C25H19Br2Cl2N3O3/c1-3-23-31-21-7-5-16(26)11-17(21)25(33)32(23)30-12-15-8-18(27)24(22(10-15)34-2)35-13-14-4-6-19(28)20(29)9-14/h4-12H,3,13H2,1-2H3. The third kappa shape index (κ3) is 5.72. The monoisotopic (exact) mass is 637 g/mol. The van der Waals surface area contributed by atoms with Crippen molar-refractivity contribution >= 4 is 72.2 Å². The van der Waals surface area contributed by atoms with Crippen molar-refractivity contribution in [1.29, 1.82) is 0 Å². The number of rotatable bonds is 7. The molecule has 0 aliphatic carbocycles. The van der Waals surface area contributed by atoms with Crippen molar-refractivity contribution in [2.24, 2.45) is 5.10 Å². The summed E-state index contributed by atoms with van der Waals surface area (Å²) in [6.07, 6.45) is 2.13. The minimum Gasteiger partial charge on any atom is -0.493 e. The van der Waals surface area contributed by atoms with E-state index >= 15 is 0 Å². The highest BCUT2D eigenvalue weighted by atomic mass is 79.9. The van der Waals surface area contributed by atoms with E-state index in [4.69, 9.17) is 32.7 Å². The maximum Gasteiger partial charge on any atom is 0.282 e. The number of nitrogens with zero attached hydrogens (tertiary/aromatic N) is 3. The summed E-state index contributed by atoms with van der Waals surface area (Å²) in [5.74, 6) is 1.59. The molecule has 0 aliphatic rings. The Morgan fingerprint density at radius 2 is 1.89 bits per heavy atom. The van der Waals surface area contributed by atoms with Crippen LogP contribution >= 0.6 is 55.1 Å². The molecule has 35 heavy (non-hydrogen) atoms. The van der Waals surface area contributed by atoms with Gasteiger partial charge in [-0.25, -0.2) is 4.98 Å². The van der Waals surface area contributed by atoms with Crippen LogP contribution in [0.3, 0.4) is 0 Å². The number of methoxy groups -OCH3 is 1. The Bertz CT molecular complexity index is 1510. The highest BCUT2D eigenvalue weighted by Gasteiger charge is 2.13. The molecule has 0 aliphatic heterocycles. The summed E-state index contributed by atoms with van der Waals surface area (Å²) in [4.78, 5) is 17.7. The summed E-state index contributed by atoms with van der Waals surface area (Å²) in [5, 5.41) is 5.87. The topological polar surface area (TPSA) is 65.7 Å². The van der Waals surface area contributed by atoms with E-state index in [0.29, 0.717) is 54.7 Å². The van der Waals surface area contributed by atoms with E-state index < -0.39 is 0 Å². The van der Waals surface area contributed by atoms with Gasteiger partial charge in [-0.15, -0.1) is 0 Å². The second-order valence-corrected chi connectivity index (χ2v) is 10.1. The second kappa shape index (κ2) is 11.1. The van der Waals surface area contributed by atoms with Gasteiger partial charge in [0.1, 0.15) is 12.4 Å².